The number of aryl methyl sites for hydroxylation is 2. The van der Waals surface area contributed by atoms with E-state index in [4.69, 9.17) is 4.74 Å². The third-order valence-corrected chi connectivity index (χ3v) is 5.62. The Morgan fingerprint density at radius 2 is 1.62 bits per heavy atom. The number of ether oxygens (including phenoxy) is 1. The maximum Gasteiger partial charge on any atom is 0.300 e. The number of aliphatic hydroxyl groups is 1. The molecule has 0 aromatic heterocycles. The number of nitrogens with zero attached hydrogens (tertiary/aromatic N) is 1. The highest BCUT2D eigenvalue weighted by molar-refractivity contribution is 6.51. The molecule has 1 atom stereocenters. The van der Waals surface area contributed by atoms with Crippen molar-refractivity contribution in [1.29, 1.82) is 0 Å². The average molecular weight is 431 g/mol. The van der Waals surface area contributed by atoms with Gasteiger partial charge in [-0.3, -0.25) is 14.5 Å². The summed E-state index contributed by atoms with van der Waals surface area (Å²) in [6, 6.07) is 16.9. The van der Waals surface area contributed by atoms with E-state index in [1.54, 1.807) is 31.4 Å². The third kappa shape index (κ3) is 3.64. The minimum absolute atomic E-state index is 0.0484. The van der Waals surface area contributed by atoms with Gasteiger partial charge in [-0.1, -0.05) is 24.3 Å². The molecule has 1 saturated heterocycles. The Morgan fingerprint density at radius 1 is 0.969 bits per heavy atom. The number of Topliss-reactive ketones (excluding diaryl/α,β-unsaturated/α-hetero) is 1. The van der Waals surface area contributed by atoms with E-state index in [0.717, 1.165) is 11.1 Å². The smallest absolute Gasteiger partial charge is 0.300 e. The van der Waals surface area contributed by atoms with Gasteiger partial charge in [0, 0.05) is 11.3 Å². The molecule has 1 amide bonds. The van der Waals surface area contributed by atoms with E-state index in [1.807, 2.05) is 32.0 Å². The SMILES string of the molecule is COc1ccc(C2/C(=C(\O)c3ccc(F)cc3)C(=O)C(=O)N2c2cc(C)ccc2C)cc1. The number of aliphatic hydroxyl groups excluding tert-OH is 1. The number of halogens is 1. The van der Waals surface area contributed by atoms with E-state index in [1.165, 1.54) is 29.2 Å². The zero-order valence-electron chi connectivity index (χ0n) is 17.9. The van der Waals surface area contributed by atoms with Gasteiger partial charge in [-0.15, -0.1) is 0 Å². The van der Waals surface area contributed by atoms with Crippen molar-refractivity contribution in [2.45, 2.75) is 19.9 Å². The number of methoxy groups -OCH3 is 1. The Bertz CT molecular complexity index is 1230. The first-order valence-electron chi connectivity index (χ1n) is 10.1. The Hall–Kier alpha value is -3.93. The van der Waals surface area contributed by atoms with E-state index >= 15 is 0 Å². The highest BCUT2D eigenvalue weighted by Gasteiger charge is 2.47. The van der Waals surface area contributed by atoms with Crippen LogP contribution in [0.3, 0.4) is 0 Å². The first-order chi connectivity index (χ1) is 15.3. The van der Waals surface area contributed by atoms with Gasteiger partial charge in [-0.2, -0.15) is 0 Å². The maximum atomic E-state index is 13.4. The number of hydrogen-bond acceptors (Lipinski definition) is 4. The molecule has 1 aliphatic heterocycles. The number of anilines is 1. The monoisotopic (exact) mass is 431 g/mol. The molecule has 0 aliphatic carbocycles. The molecule has 0 spiro atoms. The number of carbonyl (C=O) groups excluding carboxylic acids is 2. The van der Waals surface area contributed by atoms with Crippen molar-refractivity contribution in [2.24, 2.45) is 0 Å². The summed E-state index contributed by atoms with van der Waals surface area (Å²) in [5, 5.41) is 11.1. The van der Waals surface area contributed by atoms with Crippen molar-refractivity contribution in [3.63, 3.8) is 0 Å². The first kappa shape index (κ1) is 21.3. The lowest BCUT2D eigenvalue weighted by Gasteiger charge is -2.27. The van der Waals surface area contributed by atoms with Crippen LogP contribution in [0.1, 0.15) is 28.3 Å². The summed E-state index contributed by atoms with van der Waals surface area (Å²) < 4.78 is 18.6. The fourth-order valence-corrected chi connectivity index (χ4v) is 3.92. The number of amides is 1. The summed E-state index contributed by atoms with van der Waals surface area (Å²) in [5.74, 6) is -1.73. The minimum atomic E-state index is -0.855. The molecule has 6 heteroatoms. The van der Waals surface area contributed by atoms with E-state index < -0.39 is 23.5 Å². The second kappa shape index (κ2) is 8.30. The predicted molar refractivity (Wildman–Crippen MR) is 120 cm³/mol. The van der Waals surface area contributed by atoms with E-state index in [0.29, 0.717) is 17.0 Å². The Balaban J connectivity index is 1.96. The largest absolute Gasteiger partial charge is 0.507 e. The highest BCUT2D eigenvalue weighted by atomic mass is 19.1. The zero-order valence-corrected chi connectivity index (χ0v) is 17.9. The van der Waals surface area contributed by atoms with Crippen LogP contribution in [0, 0.1) is 19.7 Å². The predicted octanol–water partition coefficient (Wildman–Crippen LogP) is 5.08. The van der Waals surface area contributed by atoms with Crippen LogP contribution < -0.4 is 9.64 Å². The quantitative estimate of drug-likeness (QED) is 0.356. The summed E-state index contributed by atoms with van der Waals surface area (Å²) in [4.78, 5) is 27.8. The fraction of sp³-hybridized carbons (Fsp3) is 0.154. The van der Waals surface area contributed by atoms with Crippen LogP contribution in [0.2, 0.25) is 0 Å². The number of ketones is 1. The number of carbonyl (C=O) groups is 2. The van der Waals surface area contributed by atoms with Crippen molar-refractivity contribution in [2.75, 3.05) is 12.0 Å². The van der Waals surface area contributed by atoms with Gasteiger partial charge in [0.1, 0.15) is 17.3 Å². The number of rotatable bonds is 4. The van der Waals surface area contributed by atoms with Crippen molar-refractivity contribution < 1.29 is 23.8 Å². The lowest BCUT2D eigenvalue weighted by Crippen LogP contribution is -2.30. The summed E-state index contributed by atoms with van der Waals surface area (Å²) in [6.45, 7) is 3.76. The fourth-order valence-electron chi connectivity index (χ4n) is 3.92. The van der Waals surface area contributed by atoms with Gasteiger partial charge in [0.2, 0.25) is 0 Å². The molecule has 1 heterocycles. The normalized spacial score (nSPS) is 17.6. The molecule has 162 valence electrons. The lowest BCUT2D eigenvalue weighted by atomic mass is 9.94. The highest BCUT2D eigenvalue weighted by Crippen LogP contribution is 2.43. The molecule has 4 rings (SSSR count). The van der Waals surface area contributed by atoms with Crippen LogP contribution in [-0.2, 0) is 9.59 Å². The molecule has 0 saturated carbocycles. The average Bonchev–Trinajstić information content (AvgIpc) is 3.06. The first-order valence-corrected chi connectivity index (χ1v) is 10.1. The molecule has 0 bridgehead atoms. The van der Waals surface area contributed by atoms with Crippen LogP contribution in [0.4, 0.5) is 10.1 Å². The van der Waals surface area contributed by atoms with Crippen molar-refractivity contribution in [3.8, 4) is 5.75 Å². The van der Waals surface area contributed by atoms with E-state index in [2.05, 4.69) is 0 Å². The Labute approximate surface area is 185 Å². The van der Waals surface area contributed by atoms with Crippen molar-refractivity contribution in [3.05, 3.63) is 100 Å². The molecule has 1 N–H and O–H groups in total. The minimum Gasteiger partial charge on any atom is -0.507 e. The molecular weight excluding hydrogens is 409 g/mol. The molecule has 5 nitrogen and oxygen atoms in total. The van der Waals surface area contributed by atoms with Crippen LogP contribution in [0.25, 0.3) is 5.76 Å². The van der Waals surface area contributed by atoms with E-state index in [9.17, 15) is 19.1 Å². The molecule has 3 aromatic rings. The van der Waals surface area contributed by atoms with Gasteiger partial charge >= 0.3 is 0 Å². The summed E-state index contributed by atoms with van der Waals surface area (Å²) in [5.41, 5.74) is 3.18. The van der Waals surface area contributed by atoms with Crippen molar-refractivity contribution >= 4 is 23.1 Å². The molecule has 3 aromatic carbocycles. The number of hydrogen-bond donors (Lipinski definition) is 1. The molecular formula is C26H22FNO4. The second-order valence-electron chi connectivity index (χ2n) is 7.74. The number of benzene rings is 3. The summed E-state index contributed by atoms with van der Waals surface area (Å²) in [6.07, 6.45) is 0. The molecule has 1 unspecified atom stereocenters. The molecule has 1 fully saturated rings. The molecule has 1 aliphatic rings. The molecule has 32 heavy (non-hydrogen) atoms. The van der Waals surface area contributed by atoms with Gasteiger partial charge in [0.25, 0.3) is 11.7 Å². The van der Waals surface area contributed by atoms with Gasteiger partial charge in [-0.05, 0) is 73.0 Å². The van der Waals surface area contributed by atoms with Crippen LogP contribution in [0.5, 0.6) is 5.75 Å². The maximum absolute atomic E-state index is 13.4. The lowest BCUT2D eigenvalue weighted by molar-refractivity contribution is -0.132. The zero-order chi connectivity index (χ0) is 23.0. The van der Waals surface area contributed by atoms with Crippen LogP contribution >= 0.6 is 0 Å². The van der Waals surface area contributed by atoms with Crippen LogP contribution in [0.15, 0.2) is 72.3 Å². The summed E-state index contributed by atoms with van der Waals surface area (Å²) >= 11 is 0. The Morgan fingerprint density at radius 3 is 2.25 bits per heavy atom. The van der Waals surface area contributed by atoms with Crippen molar-refractivity contribution in [1.82, 2.24) is 0 Å². The van der Waals surface area contributed by atoms with Gasteiger partial charge < -0.3 is 9.84 Å². The van der Waals surface area contributed by atoms with E-state index in [-0.39, 0.29) is 16.9 Å². The Kier molecular flexibility index (Phi) is 5.53. The van der Waals surface area contributed by atoms with Gasteiger partial charge in [-0.25, -0.2) is 4.39 Å². The standard InChI is InChI=1S/C26H22FNO4/c1-15-4-5-16(2)21(14-15)28-23(17-8-12-20(32-3)13-9-17)22(25(30)26(28)31)24(29)18-6-10-19(27)11-7-18/h4-14,23,29H,1-3H3/b24-22+. The summed E-state index contributed by atoms with van der Waals surface area (Å²) in [7, 11) is 1.55. The molecule has 0 radical (unpaired) electrons. The van der Waals surface area contributed by atoms with Gasteiger partial charge in [0.15, 0.2) is 0 Å². The third-order valence-electron chi connectivity index (χ3n) is 5.62. The second-order valence-corrected chi connectivity index (χ2v) is 7.74. The topological polar surface area (TPSA) is 66.8 Å². The van der Waals surface area contributed by atoms with Gasteiger partial charge in [0.05, 0.1) is 18.7 Å². The van der Waals surface area contributed by atoms with Crippen LogP contribution in [-0.4, -0.2) is 23.9 Å².